The van der Waals surface area contributed by atoms with Crippen LogP contribution < -0.4 is 0 Å². The van der Waals surface area contributed by atoms with Crippen LogP contribution in [0.3, 0.4) is 0 Å². The van der Waals surface area contributed by atoms with Crippen molar-refractivity contribution in [2.24, 2.45) is 4.99 Å². The van der Waals surface area contributed by atoms with Crippen molar-refractivity contribution in [3.8, 4) is 0 Å². The highest BCUT2D eigenvalue weighted by atomic mass is 32.2. The minimum Gasteiger partial charge on any atom is -0.374 e. The van der Waals surface area contributed by atoms with Crippen molar-refractivity contribution in [2.45, 2.75) is 32.6 Å². The number of aliphatic imine (C=N–C) groups is 1. The van der Waals surface area contributed by atoms with Crippen LogP contribution in [0.15, 0.2) is 16.6 Å². The Hall–Kier alpha value is -0.320. The van der Waals surface area contributed by atoms with Gasteiger partial charge in [-0.1, -0.05) is 6.08 Å². The van der Waals surface area contributed by atoms with Gasteiger partial charge in [0.1, 0.15) is 0 Å². The molecule has 0 radical (unpaired) electrons. The first-order chi connectivity index (χ1) is 7.22. The molecule has 86 valence electrons. The molecule has 0 aromatic rings. The lowest BCUT2D eigenvalue weighted by molar-refractivity contribution is 0.0978. The molecular weight excluding hydrogens is 210 g/mol. The Kier molecular flexibility index (Phi) is 5.36. The molecule has 1 aliphatic rings. The van der Waals surface area contributed by atoms with Crippen LogP contribution in [0, 0.1) is 0 Å². The number of hydrogen-bond donors (Lipinski definition) is 0. The van der Waals surface area contributed by atoms with Gasteiger partial charge in [-0.3, -0.25) is 0 Å². The van der Waals surface area contributed by atoms with Gasteiger partial charge in [0, 0.05) is 25.7 Å². The van der Waals surface area contributed by atoms with Crippen LogP contribution in [0.5, 0.6) is 0 Å². The van der Waals surface area contributed by atoms with E-state index in [9.17, 15) is 0 Å². The summed E-state index contributed by atoms with van der Waals surface area (Å²) in [4.78, 5) is 4.51. The summed E-state index contributed by atoms with van der Waals surface area (Å²) in [6, 6.07) is 0. The van der Waals surface area contributed by atoms with Crippen LogP contribution in [-0.4, -0.2) is 37.3 Å². The second kappa shape index (κ2) is 6.30. The molecule has 0 bridgehead atoms. The van der Waals surface area contributed by atoms with E-state index in [2.05, 4.69) is 18.0 Å². The number of thioether (sulfide) groups is 1. The van der Waals surface area contributed by atoms with E-state index in [-0.39, 0.29) is 12.3 Å². The van der Waals surface area contributed by atoms with E-state index in [0.717, 1.165) is 18.1 Å². The largest absolute Gasteiger partial charge is 0.374 e. The molecule has 0 fully saturated rings. The van der Waals surface area contributed by atoms with Crippen LogP contribution in [0.1, 0.15) is 20.3 Å². The molecule has 15 heavy (non-hydrogen) atoms. The molecule has 2 unspecified atom stereocenters. The lowest BCUT2D eigenvalue weighted by Crippen LogP contribution is -2.23. The molecule has 2 atom stereocenters. The summed E-state index contributed by atoms with van der Waals surface area (Å²) < 4.78 is 10.8. The van der Waals surface area contributed by atoms with Gasteiger partial charge in [-0.25, -0.2) is 4.99 Å². The maximum atomic E-state index is 5.58. The van der Waals surface area contributed by atoms with Gasteiger partial charge >= 0.3 is 0 Å². The van der Waals surface area contributed by atoms with Crippen LogP contribution in [-0.2, 0) is 9.47 Å². The van der Waals surface area contributed by atoms with E-state index in [1.54, 1.807) is 18.9 Å². The number of methoxy groups -OCH3 is 1. The monoisotopic (exact) mass is 229 g/mol. The summed E-state index contributed by atoms with van der Waals surface area (Å²) in [6.07, 6.45) is 5.15. The number of ether oxygens (including phenoxy) is 2. The van der Waals surface area contributed by atoms with E-state index < -0.39 is 0 Å². The molecule has 1 rings (SSSR count). The second-order valence-corrected chi connectivity index (χ2v) is 4.12. The topological polar surface area (TPSA) is 30.8 Å². The Labute approximate surface area is 95.9 Å². The third kappa shape index (κ3) is 3.33. The van der Waals surface area contributed by atoms with Gasteiger partial charge in [0.25, 0.3) is 0 Å². The van der Waals surface area contributed by atoms with Crippen molar-refractivity contribution >= 4 is 16.8 Å². The normalized spacial score (nSPS) is 23.3. The summed E-state index contributed by atoms with van der Waals surface area (Å²) in [5.74, 6) is 0. The van der Waals surface area contributed by atoms with Gasteiger partial charge in [-0.2, -0.15) is 0 Å². The number of nitrogens with zero attached hydrogens (tertiary/aromatic N) is 1. The van der Waals surface area contributed by atoms with Gasteiger partial charge in [-0.15, -0.1) is 11.8 Å². The lowest BCUT2D eigenvalue weighted by atomic mass is 10.1. The Morgan fingerprint density at radius 2 is 2.40 bits per heavy atom. The van der Waals surface area contributed by atoms with Crippen molar-refractivity contribution < 1.29 is 9.47 Å². The van der Waals surface area contributed by atoms with Crippen LogP contribution in [0.4, 0.5) is 0 Å². The highest BCUT2D eigenvalue weighted by Gasteiger charge is 2.20. The molecular formula is C11H19NO2S. The Bertz CT molecular complexity index is 263. The van der Waals surface area contributed by atoms with E-state index in [1.165, 1.54) is 5.57 Å². The zero-order valence-corrected chi connectivity index (χ0v) is 10.6. The van der Waals surface area contributed by atoms with Crippen molar-refractivity contribution in [1.82, 2.24) is 0 Å². The average molecular weight is 229 g/mol. The fourth-order valence-electron chi connectivity index (χ4n) is 1.57. The fraction of sp³-hybridized carbons (Fsp3) is 0.727. The predicted octanol–water partition coefficient (Wildman–Crippen LogP) is 2.48. The molecule has 1 heterocycles. The molecule has 0 aliphatic carbocycles. The Morgan fingerprint density at radius 1 is 1.67 bits per heavy atom. The average Bonchev–Trinajstić information content (AvgIpc) is 2.28. The SMILES string of the molecule is CCOC(C)C1=CCC(OC)N=C1SC. The third-order valence-electron chi connectivity index (χ3n) is 2.37. The molecule has 3 nitrogen and oxygen atoms in total. The van der Waals surface area contributed by atoms with Gasteiger partial charge < -0.3 is 9.47 Å². The summed E-state index contributed by atoms with van der Waals surface area (Å²) in [6.45, 7) is 4.80. The molecule has 0 saturated carbocycles. The highest BCUT2D eigenvalue weighted by Crippen LogP contribution is 2.23. The van der Waals surface area contributed by atoms with Gasteiger partial charge in [-0.05, 0) is 20.1 Å². The minimum atomic E-state index is -0.0231. The van der Waals surface area contributed by atoms with Gasteiger partial charge in [0.05, 0.1) is 11.1 Å². The molecule has 0 aromatic heterocycles. The standard InChI is InChI=1S/C11H19NO2S/c1-5-14-8(2)9-6-7-10(13-3)12-11(9)15-4/h6,8,10H,5,7H2,1-4H3. The number of rotatable bonds is 4. The Balaban J connectivity index is 2.73. The zero-order valence-electron chi connectivity index (χ0n) is 9.82. The first-order valence-electron chi connectivity index (χ1n) is 5.19. The Morgan fingerprint density at radius 3 is 2.93 bits per heavy atom. The first-order valence-corrected chi connectivity index (χ1v) is 6.42. The van der Waals surface area contributed by atoms with E-state index >= 15 is 0 Å². The van der Waals surface area contributed by atoms with Crippen molar-refractivity contribution in [3.05, 3.63) is 11.6 Å². The molecule has 4 heteroatoms. The molecule has 0 amide bonds. The molecule has 1 aliphatic heterocycles. The van der Waals surface area contributed by atoms with Crippen molar-refractivity contribution in [1.29, 1.82) is 0 Å². The van der Waals surface area contributed by atoms with Crippen LogP contribution >= 0.6 is 11.8 Å². The predicted molar refractivity (Wildman–Crippen MR) is 65.5 cm³/mol. The summed E-state index contributed by atoms with van der Waals surface area (Å²) in [5, 5.41) is 1.04. The van der Waals surface area contributed by atoms with Crippen LogP contribution in [0.2, 0.25) is 0 Å². The van der Waals surface area contributed by atoms with Crippen molar-refractivity contribution in [2.75, 3.05) is 20.0 Å². The minimum absolute atomic E-state index is 0.0231. The summed E-state index contributed by atoms with van der Waals surface area (Å²) in [5.41, 5.74) is 1.19. The summed E-state index contributed by atoms with van der Waals surface area (Å²) >= 11 is 1.65. The van der Waals surface area contributed by atoms with Crippen molar-refractivity contribution in [3.63, 3.8) is 0 Å². The molecule has 0 spiro atoms. The van der Waals surface area contributed by atoms with Gasteiger partial charge in [0.15, 0.2) is 6.23 Å². The third-order valence-corrected chi connectivity index (χ3v) is 3.10. The van der Waals surface area contributed by atoms with E-state index in [0.29, 0.717) is 0 Å². The maximum absolute atomic E-state index is 5.58. The molecule has 0 N–H and O–H groups in total. The quantitative estimate of drug-likeness (QED) is 0.742. The zero-order chi connectivity index (χ0) is 11.3. The van der Waals surface area contributed by atoms with Crippen LogP contribution in [0.25, 0.3) is 0 Å². The maximum Gasteiger partial charge on any atom is 0.152 e. The molecule has 0 aromatic carbocycles. The fourth-order valence-corrected chi connectivity index (χ4v) is 2.28. The van der Waals surface area contributed by atoms with E-state index in [4.69, 9.17) is 9.47 Å². The second-order valence-electron chi connectivity index (χ2n) is 3.32. The number of dihydropyridines is 1. The molecule has 0 saturated heterocycles. The highest BCUT2D eigenvalue weighted by molar-refractivity contribution is 8.13. The first kappa shape index (κ1) is 12.7. The van der Waals surface area contributed by atoms with E-state index in [1.807, 2.05) is 13.2 Å². The number of hydrogen-bond acceptors (Lipinski definition) is 4. The smallest absolute Gasteiger partial charge is 0.152 e. The van der Waals surface area contributed by atoms with Gasteiger partial charge in [0.2, 0.25) is 0 Å². The summed E-state index contributed by atoms with van der Waals surface area (Å²) in [7, 11) is 1.69. The lowest BCUT2D eigenvalue weighted by Gasteiger charge is -2.23.